The molecule has 2 unspecified atom stereocenters. The van der Waals surface area contributed by atoms with Crippen molar-refractivity contribution in [2.45, 2.75) is 360 Å². The Labute approximate surface area is 437 Å². The summed E-state index contributed by atoms with van der Waals surface area (Å²) in [7, 11) is 0. The molecule has 0 fully saturated rings. The largest absolute Gasteiger partial charge is 0.466 e. The molecule has 0 rings (SSSR count). The number of carbonyl (C=O) groups is 2. The van der Waals surface area contributed by atoms with E-state index in [2.05, 4.69) is 43.5 Å². The molecule has 0 aromatic rings. The lowest BCUT2D eigenvalue weighted by Crippen LogP contribution is -2.45. The minimum atomic E-state index is -0.664. The molecule has 0 aliphatic carbocycles. The van der Waals surface area contributed by atoms with Gasteiger partial charge in [-0.05, 0) is 77.0 Å². The molecule has 0 heterocycles. The number of amides is 1. The molecule has 0 aromatic heterocycles. The van der Waals surface area contributed by atoms with E-state index in [9.17, 15) is 19.8 Å². The van der Waals surface area contributed by atoms with Crippen molar-refractivity contribution in [3.63, 3.8) is 0 Å². The number of ether oxygens (including phenoxy) is 1. The maximum atomic E-state index is 12.5. The van der Waals surface area contributed by atoms with Crippen molar-refractivity contribution >= 4 is 11.9 Å². The van der Waals surface area contributed by atoms with E-state index in [4.69, 9.17) is 4.74 Å². The summed E-state index contributed by atoms with van der Waals surface area (Å²) in [6.07, 6.45) is 73.4. The fourth-order valence-electron chi connectivity index (χ4n) is 9.87. The van der Waals surface area contributed by atoms with Gasteiger partial charge in [-0.2, -0.15) is 0 Å². The molecule has 0 bridgehead atoms. The third-order valence-electron chi connectivity index (χ3n) is 14.7. The second-order valence-electron chi connectivity index (χ2n) is 21.7. The van der Waals surface area contributed by atoms with Crippen LogP contribution in [0.15, 0.2) is 24.3 Å². The van der Waals surface area contributed by atoms with Crippen LogP contribution in [0.2, 0.25) is 0 Å². The molecule has 6 nitrogen and oxygen atoms in total. The molecule has 2 atom stereocenters. The fourth-order valence-corrected chi connectivity index (χ4v) is 9.87. The maximum absolute atomic E-state index is 12.5. The zero-order chi connectivity index (χ0) is 50.7. The zero-order valence-corrected chi connectivity index (χ0v) is 47.3. The lowest BCUT2D eigenvalue weighted by Gasteiger charge is -2.22. The molecule has 3 N–H and O–H groups in total. The van der Waals surface area contributed by atoms with Crippen LogP contribution in [0, 0.1) is 0 Å². The summed E-state index contributed by atoms with van der Waals surface area (Å²) in [5, 5.41) is 23.3. The van der Waals surface area contributed by atoms with Crippen molar-refractivity contribution in [3.05, 3.63) is 24.3 Å². The molecular formula is C64H123NO5. The molecule has 70 heavy (non-hydrogen) atoms. The van der Waals surface area contributed by atoms with Gasteiger partial charge >= 0.3 is 5.97 Å². The average molecular weight is 987 g/mol. The summed E-state index contributed by atoms with van der Waals surface area (Å²) in [4.78, 5) is 24.5. The highest BCUT2D eigenvalue weighted by molar-refractivity contribution is 5.76. The predicted molar refractivity (Wildman–Crippen MR) is 306 cm³/mol. The highest BCUT2D eigenvalue weighted by Crippen LogP contribution is 2.17. The van der Waals surface area contributed by atoms with Crippen LogP contribution in [0.4, 0.5) is 0 Å². The number of aliphatic hydroxyl groups excluding tert-OH is 2. The van der Waals surface area contributed by atoms with E-state index in [1.165, 1.54) is 270 Å². The number of nitrogens with one attached hydrogen (secondary N) is 1. The number of carbonyl (C=O) groups excluding carboxylic acids is 2. The number of aliphatic hydroxyl groups is 2. The SMILES string of the molecule is CCCCCCC/C=C\CCCCCCCC(=O)OCCCCCCCCCCCCCC/C=C\CCCCCCCCCCCCC(=O)NC(CO)C(O)CCCCCCCCCCCCCCC. The Morgan fingerprint density at radius 3 is 1.01 bits per heavy atom. The van der Waals surface area contributed by atoms with Crippen molar-refractivity contribution < 1.29 is 24.5 Å². The molecule has 0 aliphatic rings. The first-order chi connectivity index (χ1) is 34.5. The first kappa shape index (κ1) is 68.3. The van der Waals surface area contributed by atoms with E-state index < -0.39 is 12.1 Å². The lowest BCUT2D eigenvalue weighted by molar-refractivity contribution is -0.143. The highest BCUT2D eigenvalue weighted by atomic mass is 16.5. The van der Waals surface area contributed by atoms with Gasteiger partial charge in [-0.3, -0.25) is 9.59 Å². The number of esters is 1. The number of hydrogen-bond donors (Lipinski definition) is 3. The number of unbranched alkanes of at least 4 members (excludes halogenated alkanes) is 44. The Kier molecular flexibility index (Phi) is 58.5. The Morgan fingerprint density at radius 2 is 0.671 bits per heavy atom. The second kappa shape index (κ2) is 59.9. The molecule has 0 radical (unpaired) electrons. The Hall–Kier alpha value is -1.66. The van der Waals surface area contributed by atoms with Gasteiger partial charge in [-0.1, -0.05) is 282 Å². The van der Waals surface area contributed by atoms with Gasteiger partial charge < -0.3 is 20.3 Å². The normalized spacial score (nSPS) is 12.7. The Morgan fingerprint density at radius 1 is 0.386 bits per heavy atom. The molecule has 6 heteroatoms. The van der Waals surface area contributed by atoms with Crippen LogP contribution < -0.4 is 5.32 Å². The van der Waals surface area contributed by atoms with Crippen LogP contribution in [0.5, 0.6) is 0 Å². The molecule has 0 saturated heterocycles. The molecule has 0 aliphatic heterocycles. The van der Waals surface area contributed by atoms with E-state index in [1.54, 1.807) is 0 Å². The Balaban J connectivity index is 3.38. The summed E-state index contributed by atoms with van der Waals surface area (Å²) >= 11 is 0. The molecular weight excluding hydrogens is 863 g/mol. The van der Waals surface area contributed by atoms with Crippen molar-refractivity contribution in [2.75, 3.05) is 13.2 Å². The minimum absolute atomic E-state index is 0.00605. The summed E-state index contributed by atoms with van der Waals surface area (Å²) in [6, 6.07) is -0.542. The van der Waals surface area contributed by atoms with E-state index in [-0.39, 0.29) is 18.5 Å². The summed E-state index contributed by atoms with van der Waals surface area (Å²) in [5.74, 6) is -0.0296. The van der Waals surface area contributed by atoms with Crippen molar-refractivity contribution in [1.82, 2.24) is 5.32 Å². The van der Waals surface area contributed by atoms with Gasteiger partial charge in [0.15, 0.2) is 0 Å². The van der Waals surface area contributed by atoms with Gasteiger partial charge in [0.2, 0.25) is 5.91 Å². The maximum Gasteiger partial charge on any atom is 0.305 e. The third-order valence-corrected chi connectivity index (χ3v) is 14.7. The number of hydrogen-bond acceptors (Lipinski definition) is 5. The van der Waals surface area contributed by atoms with Crippen LogP contribution >= 0.6 is 0 Å². The molecule has 414 valence electrons. The zero-order valence-electron chi connectivity index (χ0n) is 47.3. The first-order valence-corrected chi connectivity index (χ1v) is 31.6. The number of rotatable bonds is 59. The topological polar surface area (TPSA) is 95.9 Å². The third kappa shape index (κ3) is 55.7. The lowest BCUT2D eigenvalue weighted by atomic mass is 10.0. The van der Waals surface area contributed by atoms with Gasteiger partial charge in [-0.15, -0.1) is 0 Å². The van der Waals surface area contributed by atoms with Gasteiger partial charge in [-0.25, -0.2) is 0 Å². The van der Waals surface area contributed by atoms with Gasteiger partial charge in [0.25, 0.3) is 0 Å². The minimum Gasteiger partial charge on any atom is -0.466 e. The second-order valence-corrected chi connectivity index (χ2v) is 21.7. The molecule has 0 spiro atoms. The van der Waals surface area contributed by atoms with Crippen molar-refractivity contribution in [1.29, 1.82) is 0 Å². The monoisotopic (exact) mass is 986 g/mol. The van der Waals surface area contributed by atoms with E-state index in [0.717, 1.165) is 44.9 Å². The molecule has 1 amide bonds. The van der Waals surface area contributed by atoms with Crippen molar-refractivity contribution in [2.24, 2.45) is 0 Å². The van der Waals surface area contributed by atoms with Gasteiger partial charge in [0.05, 0.1) is 25.4 Å². The summed E-state index contributed by atoms with van der Waals surface area (Å²) < 4.78 is 5.48. The van der Waals surface area contributed by atoms with Crippen molar-refractivity contribution in [3.8, 4) is 0 Å². The number of allylic oxidation sites excluding steroid dienone is 4. The van der Waals surface area contributed by atoms with Gasteiger partial charge in [0, 0.05) is 12.8 Å². The summed E-state index contributed by atoms with van der Waals surface area (Å²) in [6.45, 7) is 4.95. The van der Waals surface area contributed by atoms with Crippen LogP contribution in [-0.2, 0) is 14.3 Å². The Bertz CT molecular complexity index is 1090. The quantitative estimate of drug-likeness (QED) is 0.0321. The van der Waals surface area contributed by atoms with E-state index in [0.29, 0.717) is 25.9 Å². The van der Waals surface area contributed by atoms with Crippen LogP contribution in [0.1, 0.15) is 348 Å². The van der Waals surface area contributed by atoms with Crippen LogP contribution in [-0.4, -0.2) is 47.4 Å². The molecule has 0 saturated carbocycles. The smallest absolute Gasteiger partial charge is 0.305 e. The van der Waals surface area contributed by atoms with Gasteiger partial charge in [0.1, 0.15) is 0 Å². The molecule has 0 aromatic carbocycles. The predicted octanol–water partition coefficient (Wildman–Crippen LogP) is 19.8. The standard InChI is InChI=1S/C64H123NO5/c1-3-5-7-9-11-13-15-17-34-38-42-46-50-54-58-64(69)70-59-55-51-47-43-39-35-31-29-27-25-23-21-19-18-20-22-24-26-28-30-33-37-41-45-49-53-57-63(68)65-61(60-66)62(67)56-52-48-44-40-36-32-16-14-12-10-8-6-4-2/h15,17-18,20,61-62,66-67H,3-14,16,19,21-60H2,1-2H3,(H,65,68)/b17-15-,20-18-. The highest BCUT2D eigenvalue weighted by Gasteiger charge is 2.20. The fraction of sp³-hybridized carbons (Fsp3) is 0.906. The van der Waals surface area contributed by atoms with Crippen LogP contribution in [0.3, 0.4) is 0 Å². The summed E-state index contributed by atoms with van der Waals surface area (Å²) in [5.41, 5.74) is 0. The first-order valence-electron chi connectivity index (χ1n) is 31.6. The average Bonchev–Trinajstić information content (AvgIpc) is 3.36. The van der Waals surface area contributed by atoms with E-state index in [1.807, 2.05) is 0 Å². The van der Waals surface area contributed by atoms with E-state index >= 15 is 0 Å². The van der Waals surface area contributed by atoms with Crippen LogP contribution in [0.25, 0.3) is 0 Å².